The minimum absolute atomic E-state index is 0.211. The van der Waals surface area contributed by atoms with Gasteiger partial charge in [0.25, 0.3) is 5.91 Å². The van der Waals surface area contributed by atoms with E-state index < -0.39 is 0 Å². The number of benzene rings is 1. The fourth-order valence-electron chi connectivity index (χ4n) is 3.23. The highest BCUT2D eigenvalue weighted by Crippen LogP contribution is 2.21. The van der Waals surface area contributed by atoms with Crippen LogP contribution >= 0.6 is 11.6 Å². The number of nitrogens with one attached hydrogen (secondary N) is 1. The molecule has 9 heteroatoms. The molecular formula is C22H22ClN5O3. The van der Waals surface area contributed by atoms with Gasteiger partial charge in [-0.2, -0.15) is 10.2 Å². The third-order valence-corrected chi connectivity index (χ3v) is 5.40. The standard InChI is InChI=1S/C22H22ClN5O3/c1-14-21(23)15(2)28(26-14)13-19-7-8-20(31-19)22(29)25-17-10-24-27(12-17)11-16-5-4-6-18(9-16)30-3/h4-10,12H,11,13H2,1-3H3,(H,25,29). The molecule has 0 bridgehead atoms. The molecule has 0 saturated heterocycles. The van der Waals surface area contributed by atoms with Crippen LogP contribution in [0.3, 0.4) is 0 Å². The van der Waals surface area contributed by atoms with Crippen LogP contribution in [0.4, 0.5) is 5.69 Å². The van der Waals surface area contributed by atoms with E-state index in [9.17, 15) is 4.79 Å². The summed E-state index contributed by atoms with van der Waals surface area (Å²) in [6.07, 6.45) is 3.36. The van der Waals surface area contributed by atoms with Crippen LogP contribution in [0, 0.1) is 13.8 Å². The quantitative estimate of drug-likeness (QED) is 0.464. The summed E-state index contributed by atoms with van der Waals surface area (Å²) in [5, 5.41) is 12.1. The number of hydrogen-bond donors (Lipinski definition) is 1. The van der Waals surface area contributed by atoms with Gasteiger partial charge in [0, 0.05) is 6.20 Å². The first-order valence-corrected chi connectivity index (χ1v) is 10.1. The molecule has 1 N–H and O–H groups in total. The van der Waals surface area contributed by atoms with Crippen molar-refractivity contribution in [2.75, 3.05) is 12.4 Å². The Balaban J connectivity index is 1.39. The van der Waals surface area contributed by atoms with Gasteiger partial charge >= 0.3 is 0 Å². The summed E-state index contributed by atoms with van der Waals surface area (Å²) in [5.41, 5.74) is 3.23. The highest BCUT2D eigenvalue weighted by Gasteiger charge is 2.15. The summed E-state index contributed by atoms with van der Waals surface area (Å²) >= 11 is 6.19. The van der Waals surface area contributed by atoms with E-state index in [1.165, 1.54) is 0 Å². The molecule has 0 atom stereocenters. The number of amides is 1. The lowest BCUT2D eigenvalue weighted by Crippen LogP contribution is -2.10. The maximum atomic E-state index is 12.6. The Morgan fingerprint density at radius 2 is 2.06 bits per heavy atom. The first-order chi connectivity index (χ1) is 14.9. The average Bonchev–Trinajstić information content (AvgIpc) is 3.46. The van der Waals surface area contributed by atoms with Crippen LogP contribution in [-0.2, 0) is 13.1 Å². The van der Waals surface area contributed by atoms with Crippen molar-refractivity contribution >= 4 is 23.2 Å². The molecule has 3 aromatic heterocycles. The Kier molecular flexibility index (Phi) is 5.81. The number of ether oxygens (including phenoxy) is 1. The van der Waals surface area contributed by atoms with Crippen LogP contribution in [0.25, 0.3) is 0 Å². The van der Waals surface area contributed by atoms with E-state index >= 15 is 0 Å². The molecule has 3 heterocycles. The van der Waals surface area contributed by atoms with Gasteiger partial charge < -0.3 is 14.5 Å². The average molecular weight is 440 g/mol. The van der Waals surface area contributed by atoms with Crippen molar-refractivity contribution in [2.45, 2.75) is 26.9 Å². The van der Waals surface area contributed by atoms with E-state index in [0.717, 1.165) is 22.7 Å². The number of furan rings is 1. The molecule has 0 aliphatic heterocycles. The van der Waals surface area contributed by atoms with E-state index in [4.69, 9.17) is 20.8 Å². The molecule has 8 nitrogen and oxygen atoms in total. The molecule has 1 aromatic carbocycles. The van der Waals surface area contributed by atoms with Gasteiger partial charge in [0.15, 0.2) is 5.76 Å². The van der Waals surface area contributed by atoms with E-state index in [-0.39, 0.29) is 11.7 Å². The van der Waals surface area contributed by atoms with Crippen molar-refractivity contribution in [3.8, 4) is 5.75 Å². The summed E-state index contributed by atoms with van der Waals surface area (Å²) in [7, 11) is 1.63. The highest BCUT2D eigenvalue weighted by molar-refractivity contribution is 6.31. The van der Waals surface area contributed by atoms with Gasteiger partial charge in [-0.15, -0.1) is 0 Å². The Labute approximate surface area is 184 Å². The molecule has 0 aliphatic carbocycles. The smallest absolute Gasteiger partial charge is 0.291 e. The molecule has 0 saturated carbocycles. The summed E-state index contributed by atoms with van der Waals surface area (Å²) in [6.45, 7) is 4.69. The predicted octanol–water partition coefficient (Wildman–Crippen LogP) is 4.30. The van der Waals surface area contributed by atoms with Gasteiger partial charge in [-0.3, -0.25) is 14.2 Å². The Morgan fingerprint density at radius 1 is 1.23 bits per heavy atom. The molecule has 1 amide bonds. The van der Waals surface area contributed by atoms with Gasteiger partial charge in [0.05, 0.1) is 48.5 Å². The van der Waals surface area contributed by atoms with Gasteiger partial charge in [-0.05, 0) is 43.7 Å². The first kappa shape index (κ1) is 20.7. The summed E-state index contributed by atoms with van der Waals surface area (Å²) in [5.74, 6) is 1.26. The lowest BCUT2D eigenvalue weighted by molar-refractivity contribution is 0.0994. The van der Waals surface area contributed by atoms with E-state index in [2.05, 4.69) is 15.5 Å². The van der Waals surface area contributed by atoms with Crippen LogP contribution in [0.5, 0.6) is 5.75 Å². The summed E-state index contributed by atoms with van der Waals surface area (Å²) < 4.78 is 14.4. The fourth-order valence-corrected chi connectivity index (χ4v) is 3.36. The Bertz CT molecular complexity index is 1220. The Hall–Kier alpha value is -3.52. The second kappa shape index (κ2) is 8.69. The van der Waals surface area contributed by atoms with Crippen LogP contribution in [0.15, 0.2) is 53.2 Å². The normalized spacial score (nSPS) is 11.0. The van der Waals surface area contributed by atoms with Gasteiger partial charge in [0.2, 0.25) is 0 Å². The molecule has 0 spiro atoms. The van der Waals surface area contributed by atoms with E-state index in [1.807, 2.05) is 38.1 Å². The lowest BCUT2D eigenvalue weighted by Gasteiger charge is -2.04. The maximum Gasteiger partial charge on any atom is 0.291 e. The number of carbonyl (C=O) groups is 1. The van der Waals surface area contributed by atoms with Gasteiger partial charge in [-0.1, -0.05) is 23.7 Å². The topological polar surface area (TPSA) is 87.1 Å². The van der Waals surface area contributed by atoms with Gasteiger partial charge in [0.1, 0.15) is 11.5 Å². The number of aryl methyl sites for hydroxylation is 1. The van der Waals surface area contributed by atoms with Crippen molar-refractivity contribution < 1.29 is 13.9 Å². The molecule has 0 aliphatic rings. The van der Waals surface area contributed by atoms with Crippen molar-refractivity contribution in [3.63, 3.8) is 0 Å². The lowest BCUT2D eigenvalue weighted by atomic mass is 10.2. The Morgan fingerprint density at radius 3 is 2.81 bits per heavy atom. The second-order valence-corrected chi connectivity index (χ2v) is 7.52. The van der Waals surface area contributed by atoms with Crippen molar-refractivity contribution in [3.05, 3.63) is 82.3 Å². The molecule has 4 rings (SSSR count). The van der Waals surface area contributed by atoms with Crippen molar-refractivity contribution in [1.82, 2.24) is 19.6 Å². The SMILES string of the molecule is COc1cccc(Cn2cc(NC(=O)c3ccc(Cn4nc(C)c(Cl)c4C)o3)cn2)c1. The third kappa shape index (κ3) is 4.64. The van der Waals surface area contributed by atoms with Crippen molar-refractivity contribution in [1.29, 1.82) is 0 Å². The number of anilines is 1. The van der Waals surface area contributed by atoms with Crippen LogP contribution < -0.4 is 10.1 Å². The predicted molar refractivity (Wildman–Crippen MR) is 117 cm³/mol. The highest BCUT2D eigenvalue weighted by atomic mass is 35.5. The zero-order chi connectivity index (χ0) is 22.0. The number of nitrogens with zero attached hydrogens (tertiary/aromatic N) is 4. The molecule has 4 aromatic rings. The molecule has 0 unspecified atom stereocenters. The van der Waals surface area contributed by atoms with Crippen LogP contribution in [0.1, 0.15) is 33.3 Å². The molecular weight excluding hydrogens is 418 g/mol. The first-order valence-electron chi connectivity index (χ1n) is 9.68. The second-order valence-electron chi connectivity index (χ2n) is 7.14. The number of methoxy groups -OCH3 is 1. The molecule has 0 radical (unpaired) electrons. The zero-order valence-electron chi connectivity index (χ0n) is 17.4. The minimum Gasteiger partial charge on any atom is -0.497 e. The van der Waals surface area contributed by atoms with Crippen LogP contribution in [-0.4, -0.2) is 32.6 Å². The maximum absolute atomic E-state index is 12.6. The van der Waals surface area contributed by atoms with Crippen LogP contribution in [0.2, 0.25) is 5.02 Å². The summed E-state index contributed by atoms with van der Waals surface area (Å²) in [4.78, 5) is 12.6. The monoisotopic (exact) mass is 439 g/mol. The number of hydrogen-bond acceptors (Lipinski definition) is 5. The molecule has 31 heavy (non-hydrogen) atoms. The van der Waals surface area contributed by atoms with E-state index in [1.54, 1.807) is 41.0 Å². The van der Waals surface area contributed by atoms with Gasteiger partial charge in [-0.25, -0.2) is 0 Å². The number of rotatable bonds is 7. The number of aromatic nitrogens is 4. The number of carbonyl (C=O) groups excluding carboxylic acids is 1. The fraction of sp³-hybridized carbons (Fsp3) is 0.227. The van der Waals surface area contributed by atoms with Crippen molar-refractivity contribution in [2.24, 2.45) is 0 Å². The molecule has 160 valence electrons. The largest absolute Gasteiger partial charge is 0.497 e. The molecule has 0 fully saturated rings. The third-order valence-electron chi connectivity index (χ3n) is 4.85. The summed E-state index contributed by atoms with van der Waals surface area (Å²) in [6, 6.07) is 11.1. The van der Waals surface area contributed by atoms with E-state index in [0.29, 0.717) is 29.6 Å². The number of halogens is 1. The zero-order valence-corrected chi connectivity index (χ0v) is 18.2. The minimum atomic E-state index is -0.349.